The molecule has 0 fully saturated rings. The van der Waals surface area contributed by atoms with Crippen LogP contribution in [0.4, 0.5) is 0 Å². The molecule has 20 heavy (non-hydrogen) atoms. The predicted octanol–water partition coefficient (Wildman–Crippen LogP) is 5.93. The van der Waals surface area contributed by atoms with Gasteiger partial charge in [-0.2, -0.15) is 0 Å². The number of benzene rings is 2. The molecule has 0 aromatic heterocycles. The molecule has 0 N–H and O–H groups in total. The predicted molar refractivity (Wildman–Crippen MR) is 88.8 cm³/mol. The largest absolute Gasteiger partial charge is 0.496 e. The lowest BCUT2D eigenvalue weighted by molar-refractivity contribution is 0.412. The number of ether oxygens (including phenoxy) is 1. The summed E-state index contributed by atoms with van der Waals surface area (Å²) < 4.78 is 6.20. The Morgan fingerprint density at radius 1 is 1.10 bits per heavy atom. The molecule has 2 aromatic carbocycles. The molecule has 0 aliphatic rings. The van der Waals surface area contributed by atoms with Crippen LogP contribution in [0, 0.1) is 0 Å². The van der Waals surface area contributed by atoms with Crippen molar-refractivity contribution in [3.63, 3.8) is 0 Å². The highest BCUT2D eigenvalue weighted by Crippen LogP contribution is 2.40. The smallest absolute Gasteiger partial charge is 0.133 e. The number of methoxy groups -OCH3 is 1. The van der Waals surface area contributed by atoms with E-state index in [9.17, 15) is 0 Å². The summed E-state index contributed by atoms with van der Waals surface area (Å²) in [5.41, 5.74) is 2.39. The second-order valence-electron chi connectivity index (χ2n) is 4.72. The highest BCUT2D eigenvalue weighted by Gasteiger charge is 2.21. The standard InChI is InChI=1S/C17H18BrClO/c1-3-14(12-7-5-4-6-8-12)17(19)13-9-10-16(20-2)15(18)11-13/h4-11,14,17H,3H2,1-2H3. The van der Waals surface area contributed by atoms with Crippen LogP contribution in [0.15, 0.2) is 53.0 Å². The Hall–Kier alpha value is -0.990. The molecule has 0 aliphatic heterocycles. The van der Waals surface area contributed by atoms with Gasteiger partial charge in [0.2, 0.25) is 0 Å². The fraction of sp³-hybridized carbons (Fsp3) is 0.294. The van der Waals surface area contributed by atoms with Gasteiger partial charge in [0.1, 0.15) is 5.75 Å². The minimum absolute atomic E-state index is 0.0513. The fourth-order valence-electron chi connectivity index (χ4n) is 2.40. The zero-order valence-electron chi connectivity index (χ0n) is 11.6. The first-order chi connectivity index (χ1) is 9.67. The van der Waals surface area contributed by atoms with Crippen molar-refractivity contribution in [2.75, 3.05) is 7.11 Å². The van der Waals surface area contributed by atoms with E-state index < -0.39 is 0 Å². The first kappa shape index (κ1) is 15.4. The van der Waals surface area contributed by atoms with Crippen molar-refractivity contribution in [2.24, 2.45) is 0 Å². The van der Waals surface area contributed by atoms with Crippen LogP contribution in [0.25, 0.3) is 0 Å². The molecule has 0 spiro atoms. The van der Waals surface area contributed by atoms with Crippen LogP contribution in [0.3, 0.4) is 0 Å². The van der Waals surface area contributed by atoms with Crippen molar-refractivity contribution in [1.82, 2.24) is 0 Å². The second-order valence-corrected chi connectivity index (χ2v) is 6.05. The van der Waals surface area contributed by atoms with Gasteiger partial charge in [0.05, 0.1) is 17.0 Å². The van der Waals surface area contributed by atoms with Crippen molar-refractivity contribution in [1.29, 1.82) is 0 Å². The summed E-state index contributed by atoms with van der Waals surface area (Å²) in [6, 6.07) is 16.5. The van der Waals surface area contributed by atoms with E-state index in [-0.39, 0.29) is 5.38 Å². The number of alkyl halides is 1. The lowest BCUT2D eigenvalue weighted by Crippen LogP contribution is -2.05. The molecule has 2 atom stereocenters. The van der Waals surface area contributed by atoms with Gasteiger partial charge in [-0.1, -0.05) is 43.3 Å². The zero-order valence-corrected chi connectivity index (χ0v) is 14.0. The molecular formula is C17H18BrClO. The van der Waals surface area contributed by atoms with Crippen molar-refractivity contribution in [3.8, 4) is 5.75 Å². The summed E-state index contributed by atoms with van der Waals surface area (Å²) in [5.74, 6) is 1.13. The van der Waals surface area contributed by atoms with E-state index in [2.05, 4.69) is 47.1 Å². The van der Waals surface area contributed by atoms with Gasteiger partial charge >= 0.3 is 0 Å². The van der Waals surface area contributed by atoms with Gasteiger partial charge in [-0.05, 0) is 45.6 Å². The number of rotatable bonds is 5. The summed E-state index contributed by atoms with van der Waals surface area (Å²) in [5, 5.41) is -0.0513. The fourth-order valence-corrected chi connectivity index (χ4v) is 3.42. The van der Waals surface area contributed by atoms with Crippen LogP contribution in [0.1, 0.15) is 35.8 Å². The first-order valence-electron chi connectivity index (χ1n) is 6.69. The summed E-state index contributed by atoms with van der Waals surface area (Å²) in [6.45, 7) is 2.17. The highest BCUT2D eigenvalue weighted by molar-refractivity contribution is 9.10. The molecule has 0 radical (unpaired) electrons. The van der Waals surface area contributed by atoms with Crippen LogP contribution in [-0.4, -0.2) is 7.11 Å². The van der Waals surface area contributed by atoms with E-state index in [1.54, 1.807) is 7.11 Å². The third-order valence-electron chi connectivity index (χ3n) is 3.52. The Bertz CT molecular complexity index is 556. The second kappa shape index (κ2) is 7.14. The SMILES string of the molecule is CCC(c1ccccc1)C(Cl)c1ccc(OC)c(Br)c1. The van der Waals surface area contributed by atoms with Crippen LogP contribution < -0.4 is 4.74 Å². The van der Waals surface area contributed by atoms with Crippen LogP contribution in [-0.2, 0) is 0 Å². The van der Waals surface area contributed by atoms with E-state index in [0.29, 0.717) is 5.92 Å². The van der Waals surface area contributed by atoms with E-state index in [1.807, 2.05) is 24.3 Å². The molecule has 2 rings (SSSR count). The van der Waals surface area contributed by atoms with Gasteiger partial charge in [-0.25, -0.2) is 0 Å². The Morgan fingerprint density at radius 3 is 2.35 bits per heavy atom. The van der Waals surface area contributed by atoms with E-state index >= 15 is 0 Å². The summed E-state index contributed by atoms with van der Waals surface area (Å²) in [7, 11) is 1.66. The molecule has 0 bridgehead atoms. The molecule has 2 aromatic rings. The minimum Gasteiger partial charge on any atom is -0.496 e. The maximum Gasteiger partial charge on any atom is 0.133 e. The summed E-state index contributed by atoms with van der Waals surface area (Å²) >= 11 is 10.2. The third kappa shape index (κ3) is 3.36. The molecule has 0 saturated carbocycles. The van der Waals surface area contributed by atoms with Gasteiger partial charge in [0.15, 0.2) is 0 Å². The van der Waals surface area contributed by atoms with Crippen molar-refractivity contribution < 1.29 is 4.74 Å². The highest BCUT2D eigenvalue weighted by atomic mass is 79.9. The summed E-state index contributed by atoms with van der Waals surface area (Å²) in [6.07, 6.45) is 1.00. The van der Waals surface area contributed by atoms with E-state index in [1.165, 1.54) is 5.56 Å². The van der Waals surface area contributed by atoms with Gasteiger partial charge < -0.3 is 4.74 Å². The Balaban J connectivity index is 2.29. The zero-order chi connectivity index (χ0) is 14.5. The third-order valence-corrected chi connectivity index (χ3v) is 4.69. The first-order valence-corrected chi connectivity index (χ1v) is 7.92. The monoisotopic (exact) mass is 352 g/mol. The molecule has 0 heterocycles. The molecule has 106 valence electrons. The lowest BCUT2D eigenvalue weighted by Gasteiger charge is -2.22. The average molecular weight is 354 g/mol. The van der Waals surface area contributed by atoms with Gasteiger partial charge in [-0.3, -0.25) is 0 Å². The van der Waals surface area contributed by atoms with Gasteiger partial charge in [0, 0.05) is 5.92 Å². The molecule has 2 unspecified atom stereocenters. The Labute approximate surface area is 134 Å². The lowest BCUT2D eigenvalue weighted by atomic mass is 9.89. The number of hydrogen-bond donors (Lipinski definition) is 0. The maximum atomic E-state index is 6.71. The number of halogens is 2. The molecule has 1 nitrogen and oxygen atoms in total. The number of hydrogen-bond acceptors (Lipinski definition) is 1. The van der Waals surface area contributed by atoms with Crippen molar-refractivity contribution in [3.05, 3.63) is 64.1 Å². The van der Waals surface area contributed by atoms with E-state index in [4.69, 9.17) is 16.3 Å². The molecule has 0 amide bonds. The maximum absolute atomic E-state index is 6.71. The average Bonchev–Trinajstić information content (AvgIpc) is 2.49. The molecular weight excluding hydrogens is 336 g/mol. The van der Waals surface area contributed by atoms with Crippen molar-refractivity contribution >= 4 is 27.5 Å². The molecule has 3 heteroatoms. The Morgan fingerprint density at radius 2 is 1.80 bits per heavy atom. The van der Waals surface area contributed by atoms with Crippen molar-refractivity contribution in [2.45, 2.75) is 24.6 Å². The van der Waals surface area contributed by atoms with Crippen LogP contribution in [0.5, 0.6) is 5.75 Å². The topological polar surface area (TPSA) is 9.23 Å². The van der Waals surface area contributed by atoms with E-state index in [0.717, 1.165) is 22.2 Å². The van der Waals surface area contributed by atoms with Crippen LogP contribution in [0.2, 0.25) is 0 Å². The Kier molecular flexibility index (Phi) is 5.50. The minimum atomic E-state index is -0.0513. The quantitative estimate of drug-likeness (QED) is 0.605. The van der Waals surface area contributed by atoms with Crippen LogP contribution >= 0.6 is 27.5 Å². The molecule has 0 aliphatic carbocycles. The normalized spacial score (nSPS) is 13.8. The van der Waals surface area contributed by atoms with Gasteiger partial charge in [-0.15, -0.1) is 11.6 Å². The molecule has 0 saturated heterocycles. The summed E-state index contributed by atoms with van der Waals surface area (Å²) in [4.78, 5) is 0. The van der Waals surface area contributed by atoms with Gasteiger partial charge in [0.25, 0.3) is 0 Å².